The molecule has 0 radical (unpaired) electrons. The van der Waals surface area contributed by atoms with Gasteiger partial charge in [0.05, 0.1) is 18.1 Å². The summed E-state index contributed by atoms with van der Waals surface area (Å²) in [7, 11) is -3.47. The first-order valence-corrected chi connectivity index (χ1v) is 9.66. The summed E-state index contributed by atoms with van der Waals surface area (Å²) in [5.41, 5.74) is 0.809. The first kappa shape index (κ1) is 17.1. The lowest BCUT2D eigenvalue weighted by Crippen LogP contribution is -2.40. The highest BCUT2D eigenvalue weighted by Crippen LogP contribution is 2.18. The highest BCUT2D eigenvalue weighted by molar-refractivity contribution is 7.89. The van der Waals surface area contributed by atoms with Gasteiger partial charge < -0.3 is 9.64 Å². The molecule has 130 valence electrons. The van der Waals surface area contributed by atoms with Gasteiger partial charge in [0.2, 0.25) is 15.9 Å². The Morgan fingerprint density at radius 1 is 1.00 bits per heavy atom. The molecule has 2 fully saturated rings. The molecule has 7 heteroatoms. The molecular formula is C17H22N2O4S. The van der Waals surface area contributed by atoms with E-state index in [-0.39, 0.29) is 10.8 Å². The van der Waals surface area contributed by atoms with Crippen LogP contribution in [0, 0.1) is 0 Å². The zero-order valence-electron chi connectivity index (χ0n) is 13.6. The number of morpholine rings is 1. The Hall–Kier alpha value is -1.70. The molecule has 0 bridgehead atoms. The SMILES string of the molecule is O=C(/C=C/c1ccc(S(=O)(=O)N2CCOCC2)cc1)N1CCCC1. The Balaban J connectivity index is 1.67. The molecule has 2 aliphatic rings. The zero-order valence-corrected chi connectivity index (χ0v) is 14.4. The minimum absolute atomic E-state index is 0.0116. The summed E-state index contributed by atoms with van der Waals surface area (Å²) in [5.74, 6) is 0.0116. The van der Waals surface area contributed by atoms with Crippen LogP contribution >= 0.6 is 0 Å². The van der Waals surface area contributed by atoms with Crippen LogP contribution in [0.4, 0.5) is 0 Å². The van der Waals surface area contributed by atoms with Gasteiger partial charge in [-0.05, 0) is 36.6 Å². The quantitative estimate of drug-likeness (QED) is 0.769. The van der Waals surface area contributed by atoms with E-state index in [1.807, 2.05) is 4.90 Å². The number of rotatable bonds is 4. The van der Waals surface area contributed by atoms with Crippen LogP contribution in [0.15, 0.2) is 35.2 Å². The van der Waals surface area contributed by atoms with Crippen molar-refractivity contribution in [3.63, 3.8) is 0 Å². The van der Waals surface area contributed by atoms with Gasteiger partial charge in [0, 0.05) is 32.3 Å². The van der Waals surface area contributed by atoms with Crippen LogP contribution in [0.3, 0.4) is 0 Å². The molecule has 0 saturated carbocycles. The van der Waals surface area contributed by atoms with Crippen molar-refractivity contribution >= 4 is 22.0 Å². The summed E-state index contributed by atoms with van der Waals surface area (Å²) in [4.78, 5) is 14.1. The highest BCUT2D eigenvalue weighted by Gasteiger charge is 2.26. The van der Waals surface area contributed by atoms with Gasteiger partial charge >= 0.3 is 0 Å². The van der Waals surface area contributed by atoms with Gasteiger partial charge in [0.25, 0.3) is 0 Å². The lowest BCUT2D eigenvalue weighted by Gasteiger charge is -2.26. The molecule has 2 saturated heterocycles. The van der Waals surface area contributed by atoms with Crippen LogP contribution < -0.4 is 0 Å². The minimum Gasteiger partial charge on any atom is -0.379 e. The second kappa shape index (κ2) is 7.46. The standard InChI is InChI=1S/C17H22N2O4S/c20-17(18-9-1-2-10-18)8-5-15-3-6-16(7-4-15)24(21,22)19-11-13-23-14-12-19/h3-8H,1-2,9-14H2/b8-5+. The average molecular weight is 350 g/mol. The van der Waals surface area contributed by atoms with E-state index < -0.39 is 10.0 Å². The monoisotopic (exact) mass is 350 g/mol. The predicted octanol–water partition coefficient (Wildman–Crippen LogP) is 1.34. The van der Waals surface area contributed by atoms with Crippen molar-refractivity contribution in [2.24, 2.45) is 0 Å². The molecule has 1 amide bonds. The van der Waals surface area contributed by atoms with Gasteiger partial charge in [-0.25, -0.2) is 8.42 Å². The number of sulfonamides is 1. The van der Waals surface area contributed by atoms with Gasteiger partial charge in [-0.1, -0.05) is 12.1 Å². The van der Waals surface area contributed by atoms with E-state index in [2.05, 4.69) is 0 Å². The summed E-state index contributed by atoms with van der Waals surface area (Å²) in [5, 5.41) is 0. The second-order valence-electron chi connectivity index (χ2n) is 5.95. The third-order valence-corrected chi connectivity index (χ3v) is 6.24. The van der Waals surface area contributed by atoms with Crippen molar-refractivity contribution in [1.29, 1.82) is 0 Å². The van der Waals surface area contributed by atoms with Crippen molar-refractivity contribution in [2.45, 2.75) is 17.7 Å². The molecule has 0 aromatic heterocycles. The molecular weight excluding hydrogens is 328 g/mol. The second-order valence-corrected chi connectivity index (χ2v) is 7.89. The fourth-order valence-electron chi connectivity index (χ4n) is 2.90. The molecule has 0 N–H and O–H groups in total. The lowest BCUT2D eigenvalue weighted by molar-refractivity contribution is -0.124. The molecule has 2 heterocycles. The first-order valence-electron chi connectivity index (χ1n) is 8.22. The maximum Gasteiger partial charge on any atom is 0.246 e. The maximum atomic E-state index is 12.5. The summed E-state index contributed by atoms with van der Waals surface area (Å²) in [6.07, 6.45) is 5.41. The number of carbonyl (C=O) groups is 1. The molecule has 24 heavy (non-hydrogen) atoms. The van der Waals surface area contributed by atoms with E-state index in [9.17, 15) is 13.2 Å². The van der Waals surface area contributed by atoms with Crippen LogP contribution in [0.5, 0.6) is 0 Å². The van der Waals surface area contributed by atoms with E-state index in [1.54, 1.807) is 36.4 Å². The predicted molar refractivity (Wildman–Crippen MR) is 90.9 cm³/mol. The number of hydrogen-bond donors (Lipinski definition) is 0. The number of benzene rings is 1. The van der Waals surface area contributed by atoms with Crippen LogP contribution in [0.2, 0.25) is 0 Å². The van der Waals surface area contributed by atoms with Crippen LogP contribution in [0.1, 0.15) is 18.4 Å². The zero-order chi connectivity index (χ0) is 17.0. The van der Waals surface area contributed by atoms with Crippen molar-refractivity contribution in [2.75, 3.05) is 39.4 Å². The van der Waals surface area contributed by atoms with E-state index in [1.165, 1.54) is 4.31 Å². The molecule has 1 aromatic rings. The normalized spacial score (nSPS) is 19.9. The van der Waals surface area contributed by atoms with Gasteiger partial charge in [-0.2, -0.15) is 4.31 Å². The number of carbonyl (C=O) groups excluding carboxylic acids is 1. The van der Waals surface area contributed by atoms with E-state index in [0.29, 0.717) is 26.3 Å². The van der Waals surface area contributed by atoms with E-state index in [0.717, 1.165) is 31.5 Å². The van der Waals surface area contributed by atoms with Crippen molar-refractivity contribution in [1.82, 2.24) is 9.21 Å². The molecule has 2 aliphatic heterocycles. The van der Waals surface area contributed by atoms with Crippen LogP contribution in [0.25, 0.3) is 6.08 Å². The topological polar surface area (TPSA) is 66.9 Å². The molecule has 0 atom stereocenters. The lowest BCUT2D eigenvalue weighted by atomic mass is 10.2. The number of likely N-dealkylation sites (tertiary alicyclic amines) is 1. The molecule has 3 rings (SSSR count). The Morgan fingerprint density at radius 3 is 2.25 bits per heavy atom. The average Bonchev–Trinajstić information content (AvgIpc) is 3.15. The highest BCUT2D eigenvalue weighted by atomic mass is 32.2. The number of ether oxygens (including phenoxy) is 1. The molecule has 6 nitrogen and oxygen atoms in total. The smallest absolute Gasteiger partial charge is 0.246 e. The third-order valence-electron chi connectivity index (χ3n) is 4.32. The minimum atomic E-state index is -3.47. The summed E-state index contributed by atoms with van der Waals surface area (Å²) >= 11 is 0. The van der Waals surface area contributed by atoms with Crippen molar-refractivity contribution in [3.8, 4) is 0 Å². The van der Waals surface area contributed by atoms with E-state index in [4.69, 9.17) is 4.74 Å². The summed E-state index contributed by atoms with van der Waals surface area (Å²) in [6.45, 7) is 3.26. The Bertz CT molecular complexity index is 701. The van der Waals surface area contributed by atoms with Crippen LogP contribution in [-0.4, -0.2) is 62.9 Å². The summed E-state index contributed by atoms with van der Waals surface area (Å²) < 4.78 is 31.7. The van der Waals surface area contributed by atoms with Gasteiger partial charge in [-0.3, -0.25) is 4.79 Å². The number of amides is 1. The van der Waals surface area contributed by atoms with Crippen molar-refractivity contribution in [3.05, 3.63) is 35.9 Å². The Morgan fingerprint density at radius 2 is 1.62 bits per heavy atom. The van der Waals surface area contributed by atoms with Crippen LogP contribution in [-0.2, 0) is 19.6 Å². The van der Waals surface area contributed by atoms with E-state index >= 15 is 0 Å². The van der Waals surface area contributed by atoms with Gasteiger partial charge in [0.15, 0.2) is 0 Å². The fourth-order valence-corrected chi connectivity index (χ4v) is 4.31. The maximum absolute atomic E-state index is 12.5. The molecule has 0 unspecified atom stereocenters. The summed E-state index contributed by atoms with van der Waals surface area (Å²) in [6, 6.07) is 6.62. The third kappa shape index (κ3) is 3.85. The number of hydrogen-bond acceptors (Lipinski definition) is 4. The fraction of sp³-hybridized carbons (Fsp3) is 0.471. The Labute approximate surface area is 142 Å². The first-order chi connectivity index (χ1) is 11.6. The largest absolute Gasteiger partial charge is 0.379 e. The van der Waals surface area contributed by atoms with Gasteiger partial charge in [-0.15, -0.1) is 0 Å². The number of nitrogens with zero attached hydrogens (tertiary/aromatic N) is 2. The van der Waals surface area contributed by atoms with Crippen molar-refractivity contribution < 1.29 is 17.9 Å². The molecule has 0 spiro atoms. The Kier molecular flexibility index (Phi) is 5.33. The molecule has 0 aliphatic carbocycles. The van der Waals surface area contributed by atoms with Gasteiger partial charge in [0.1, 0.15) is 0 Å². The molecule has 1 aromatic carbocycles.